The summed E-state index contributed by atoms with van der Waals surface area (Å²) in [6.45, 7) is 20.3. The molecule has 3 rings (SSSR count). The van der Waals surface area contributed by atoms with E-state index in [1.165, 1.54) is 29.1 Å². The summed E-state index contributed by atoms with van der Waals surface area (Å²) in [7, 11) is -4.80. The van der Waals surface area contributed by atoms with Gasteiger partial charge in [0, 0.05) is 12.1 Å². The van der Waals surface area contributed by atoms with E-state index in [9.17, 15) is 31.2 Å². The van der Waals surface area contributed by atoms with Gasteiger partial charge in [0.1, 0.15) is 4.90 Å². The average molecular weight is 697 g/mol. The minimum Gasteiger partial charge on any atom is -0.493 e. The number of ether oxygens (including phenoxy) is 1. The second-order valence-corrected chi connectivity index (χ2v) is 16.7. The highest BCUT2D eigenvalue weighted by Gasteiger charge is 2.49. The summed E-state index contributed by atoms with van der Waals surface area (Å²) < 4.78 is 71.9. The number of halogens is 3. The van der Waals surface area contributed by atoms with E-state index in [-0.39, 0.29) is 27.9 Å². The van der Waals surface area contributed by atoms with E-state index < -0.39 is 43.2 Å². The largest absolute Gasteiger partial charge is 0.502 e. The van der Waals surface area contributed by atoms with Crippen molar-refractivity contribution < 1.29 is 35.9 Å². The fraction of sp³-hybridized carbons (Fsp3) is 0.515. The number of aromatic nitrogens is 3. The molecule has 0 aliphatic carbocycles. The lowest BCUT2D eigenvalue weighted by atomic mass is 9.86. The van der Waals surface area contributed by atoms with Gasteiger partial charge < -0.3 is 21.1 Å². The lowest BCUT2D eigenvalue weighted by Crippen LogP contribution is -2.32. The number of carbonyl (C=O) groups excluding carboxylic acids is 2. The Morgan fingerprint density at radius 3 is 2.00 bits per heavy atom. The number of anilines is 1. The monoisotopic (exact) mass is 696 g/mol. The number of rotatable bonds is 7. The van der Waals surface area contributed by atoms with Crippen molar-refractivity contribution in [1.29, 1.82) is 0 Å². The summed E-state index contributed by atoms with van der Waals surface area (Å²) in [6.07, 6.45) is 1.41. The summed E-state index contributed by atoms with van der Waals surface area (Å²) >= 11 is 0. The summed E-state index contributed by atoms with van der Waals surface area (Å²) in [5, 5.41) is 13.2. The highest BCUT2D eigenvalue weighted by atomic mass is 32.2. The van der Waals surface area contributed by atoms with Crippen molar-refractivity contribution in [3.05, 3.63) is 58.9 Å². The van der Waals surface area contributed by atoms with Gasteiger partial charge in [0.15, 0.2) is 11.4 Å². The first-order valence-electron chi connectivity index (χ1n) is 15.1. The van der Waals surface area contributed by atoms with E-state index >= 15 is 0 Å². The molecule has 0 aliphatic rings. The maximum Gasteiger partial charge on any atom is 0.502 e. The smallest absolute Gasteiger partial charge is 0.493 e. The Morgan fingerprint density at radius 2 is 1.52 bits per heavy atom. The third-order valence-corrected chi connectivity index (χ3v) is 8.29. The highest BCUT2D eigenvalue weighted by molar-refractivity contribution is 7.92. The molecule has 0 aliphatic heterocycles. The Balaban J connectivity index is 0.00000122. The molecule has 15 heteroatoms. The zero-order chi connectivity index (χ0) is 37.0. The molecule has 266 valence electrons. The van der Waals surface area contributed by atoms with Crippen LogP contribution in [0.4, 0.5) is 18.9 Å². The Labute approximate surface area is 280 Å². The molecular weight excluding hydrogens is 649 g/mol. The number of hydrogen-bond donors (Lipinski definition) is 3. The van der Waals surface area contributed by atoms with E-state index in [0.29, 0.717) is 23.2 Å². The standard InChI is InChI=1S/C28H34F3N5O5S.C5H13N/c1-16-9-10-17(11-21(16)36-14-20(34-35-36)25(38)32-15-26(2,3)4)24(37)33-19-12-18(27(5,6)7)13-22(23(19)41-8)42(39,40)28(29,30)31;1-5(2,3)4-6/h9-14H,15H2,1-8H3,(H,32,38)(H,33,37);4,6H2,1-3H3. The number of sulfone groups is 1. The van der Waals surface area contributed by atoms with Gasteiger partial charge in [0.2, 0.25) is 0 Å². The van der Waals surface area contributed by atoms with Crippen molar-refractivity contribution in [1.82, 2.24) is 20.3 Å². The molecule has 0 unspecified atom stereocenters. The minimum absolute atomic E-state index is 0.0654. The molecule has 11 nitrogen and oxygen atoms in total. The van der Waals surface area contributed by atoms with Crippen LogP contribution >= 0.6 is 0 Å². The molecule has 0 radical (unpaired) electrons. The Kier molecular flexibility index (Phi) is 12.3. The van der Waals surface area contributed by atoms with Crippen molar-refractivity contribution in [3.63, 3.8) is 0 Å². The first-order chi connectivity index (χ1) is 21.7. The third kappa shape index (κ3) is 10.5. The maximum absolute atomic E-state index is 13.5. The van der Waals surface area contributed by atoms with Crippen LogP contribution in [0, 0.1) is 17.8 Å². The lowest BCUT2D eigenvalue weighted by Gasteiger charge is -2.24. The van der Waals surface area contributed by atoms with Crippen LogP contribution in [-0.2, 0) is 15.3 Å². The Morgan fingerprint density at radius 1 is 0.938 bits per heavy atom. The number of nitrogens with two attached hydrogens (primary N) is 1. The number of alkyl halides is 3. The third-order valence-electron chi connectivity index (χ3n) is 6.80. The zero-order valence-electron chi connectivity index (χ0n) is 29.4. The van der Waals surface area contributed by atoms with Crippen LogP contribution in [0.25, 0.3) is 5.69 Å². The van der Waals surface area contributed by atoms with Gasteiger partial charge in [-0.15, -0.1) is 5.10 Å². The van der Waals surface area contributed by atoms with E-state index in [2.05, 4.69) is 41.7 Å². The molecule has 2 amide bonds. The van der Waals surface area contributed by atoms with E-state index in [1.54, 1.807) is 33.8 Å². The fourth-order valence-corrected chi connectivity index (χ4v) is 4.75. The SMILES string of the molecule is CC(C)(C)CN.COc1c(NC(=O)c2ccc(C)c(-n3cc(C(=O)NCC(C)(C)C)nn3)c2)cc(C(C)(C)C)cc1S(=O)(=O)C(F)(F)F. The number of amides is 2. The van der Waals surface area contributed by atoms with Gasteiger partial charge >= 0.3 is 5.51 Å². The molecule has 4 N–H and O–H groups in total. The minimum atomic E-state index is -5.82. The van der Waals surface area contributed by atoms with Crippen molar-refractivity contribution in [3.8, 4) is 11.4 Å². The van der Waals surface area contributed by atoms with Gasteiger partial charge in [-0.2, -0.15) is 13.2 Å². The molecule has 1 heterocycles. The normalized spacial score (nSPS) is 12.6. The van der Waals surface area contributed by atoms with Crippen molar-refractivity contribution in [2.75, 3.05) is 25.5 Å². The predicted octanol–water partition coefficient (Wildman–Crippen LogP) is 6.19. The molecule has 1 aromatic heterocycles. The number of nitrogens with zero attached hydrogens (tertiary/aromatic N) is 3. The molecular formula is C33H47F3N6O5S. The lowest BCUT2D eigenvalue weighted by molar-refractivity contribution is -0.0437. The first kappa shape index (κ1) is 40.2. The average Bonchev–Trinajstić information content (AvgIpc) is 3.44. The van der Waals surface area contributed by atoms with Crippen LogP contribution in [0.5, 0.6) is 5.75 Å². The molecule has 0 saturated carbocycles. The van der Waals surface area contributed by atoms with Gasteiger partial charge in [-0.25, -0.2) is 13.1 Å². The molecule has 48 heavy (non-hydrogen) atoms. The van der Waals surface area contributed by atoms with E-state index in [1.807, 2.05) is 20.8 Å². The Bertz CT molecular complexity index is 1730. The summed E-state index contributed by atoms with van der Waals surface area (Å²) in [5.74, 6) is -1.82. The van der Waals surface area contributed by atoms with Crippen LogP contribution < -0.4 is 21.1 Å². The second-order valence-electron chi connectivity index (χ2n) is 14.8. The second kappa shape index (κ2) is 14.6. The van der Waals surface area contributed by atoms with Gasteiger partial charge in [-0.1, -0.05) is 73.6 Å². The van der Waals surface area contributed by atoms with Gasteiger partial charge in [0.25, 0.3) is 21.7 Å². The van der Waals surface area contributed by atoms with Gasteiger partial charge in [-0.05, 0) is 65.1 Å². The molecule has 0 fully saturated rings. The number of nitrogens with one attached hydrogen (secondary N) is 2. The first-order valence-corrected chi connectivity index (χ1v) is 16.6. The number of carbonyl (C=O) groups is 2. The maximum atomic E-state index is 13.5. The molecule has 2 aromatic carbocycles. The highest BCUT2D eigenvalue weighted by Crippen LogP contribution is 2.42. The fourth-order valence-electron chi connectivity index (χ4n) is 3.78. The molecule has 3 aromatic rings. The van der Waals surface area contributed by atoms with Crippen LogP contribution in [0.1, 0.15) is 94.3 Å². The molecule has 0 atom stereocenters. The molecule has 0 spiro atoms. The van der Waals surface area contributed by atoms with Gasteiger partial charge in [0.05, 0.1) is 24.7 Å². The number of methoxy groups -OCH3 is 1. The zero-order valence-corrected chi connectivity index (χ0v) is 30.2. The van der Waals surface area contributed by atoms with E-state index in [0.717, 1.165) is 19.7 Å². The molecule has 0 saturated heterocycles. The van der Waals surface area contributed by atoms with Gasteiger partial charge in [-0.3, -0.25) is 9.59 Å². The predicted molar refractivity (Wildman–Crippen MR) is 179 cm³/mol. The van der Waals surface area contributed by atoms with Crippen LogP contribution in [0.15, 0.2) is 41.4 Å². The molecule has 0 bridgehead atoms. The topological polar surface area (TPSA) is 158 Å². The quantitative estimate of drug-likeness (QED) is 0.264. The number of benzene rings is 2. The number of hydrogen-bond acceptors (Lipinski definition) is 8. The summed E-state index contributed by atoms with van der Waals surface area (Å²) in [6, 6.07) is 6.84. The van der Waals surface area contributed by atoms with Crippen LogP contribution in [0.3, 0.4) is 0 Å². The van der Waals surface area contributed by atoms with E-state index in [4.69, 9.17) is 10.5 Å². The van der Waals surface area contributed by atoms with Crippen molar-refractivity contribution in [2.24, 2.45) is 16.6 Å². The summed E-state index contributed by atoms with van der Waals surface area (Å²) in [4.78, 5) is 24.7. The Hall–Kier alpha value is -3.98. The van der Waals surface area contributed by atoms with Crippen LogP contribution in [-0.4, -0.2) is 60.9 Å². The van der Waals surface area contributed by atoms with Crippen molar-refractivity contribution >= 4 is 27.3 Å². The number of aryl methyl sites for hydroxylation is 1. The van der Waals surface area contributed by atoms with Crippen molar-refractivity contribution in [2.45, 2.75) is 85.1 Å². The summed E-state index contributed by atoms with van der Waals surface area (Å²) in [5.41, 5.74) is 0.335. The van der Waals surface area contributed by atoms with Crippen LogP contribution in [0.2, 0.25) is 0 Å².